The molecular formula is C14H18BrNO5. The van der Waals surface area contributed by atoms with Gasteiger partial charge in [-0.2, -0.15) is 0 Å². The van der Waals surface area contributed by atoms with E-state index in [9.17, 15) is 9.59 Å². The molecule has 0 aliphatic heterocycles. The number of carbonyl (C=O) groups excluding carboxylic acids is 1. The number of benzene rings is 1. The molecular weight excluding hydrogens is 342 g/mol. The van der Waals surface area contributed by atoms with Gasteiger partial charge < -0.3 is 19.9 Å². The average Bonchev–Trinajstić information content (AvgIpc) is 2.45. The molecule has 1 atom stereocenters. The van der Waals surface area contributed by atoms with E-state index in [0.29, 0.717) is 28.8 Å². The van der Waals surface area contributed by atoms with E-state index < -0.39 is 17.9 Å². The fourth-order valence-corrected chi connectivity index (χ4v) is 2.45. The largest absolute Gasteiger partial charge is 0.497 e. The fraction of sp³-hybridized carbons (Fsp3) is 0.429. The molecule has 1 amide bonds. The summed E-state index contributed by atoms with van der Waals surface area (Å²) in [6.07, 6.45) is 1.00. The minimum Gasteiger partial charge on any atom is -0.497 e. The average molecular weight is 360 g/mol. The number of carboxylic acids is 1. The van der Waals surface area contributed by atoms with Crippen LogP contribution in [-0.2, 0) is 4.79 Å². The highest BCUT2D eigenvalue weighted by Gasteiger charge is 2.23. The van der Waals surface area contributed by atoms with Gasteiger partial charge in [-0.15, -0.1) is 0 Å². The van der Waals surface area contributed by atoms with Gasteiger partial charge in [0.25, 0.3) is 5.91 Å². The summed E-state index contributed by atoms with van der Waals surface area (Å²) >= 11 is 3.29. The Labute approximate surface area is 131 Å². The quantitative estimate of drug-likeness (QED) is 0.780. The Bertz CT molecular complexity index is 532. The molecule has 0 heterocycles. The zero-order valence-corrected chi connectivity index (χ0v) is 13.7. The number of carbonyl (C=O) groups is 2. The normalized spacial score (nSPS) is 11.6. The number of amides is 1. The summed E-state index contributed by atoms with van der Waals surface area (Å²) in [5, 5.41) is 11.6. The standard InChI is InChI=1S/C14H18BrNO5/c1-4-5-11(14(18)19)16-13(17)9-6-8(20-2)7-10(15)12(9)21-3/h6-7,11H,4-5H2,1-3H3,(H,16,17)(H,18,19). The van der Waals surface area contributed by atoms with E-state index in [1.165, 1.54) is 20.3 Å². The molecule has 0 aromatic heterocycles. The van der Waals surface area contributed by atoms with Gasteiger partial charge in [-0.3, -0.25) is 4.79 Å². The van der Waals surface area contributed by atoms with Gasteiger partial charge in [0.15, 0.2) is 0 Å². The molecule has 1 aromatic carbocycles. The molecule has 6 nitrogen and oxygen atoms in total. The maximum atomic E-state index is 12.3. The van der Waals surface area contributed by atoms with Crippen molar-refractivity contribution in [2.75, 3.05) is 14.2 Å². The highest BCUT2D eigenvalue weighted by Crippen LogP contribution is 2.33. The van der Waals surface area contributed by atoms with Crippen LogP contribution in [0, 0.1) is 0 Å². The summed E-state index contributed by atoms with van der Waals surface area (Å²) in [7, 11) is 2.91. The SMILES string of the molecule is CCCC(NC(=O)c1cc(OC)cc(Br)c1OC)C(=O)O. The van der Waals surface area contributed by atoms with E-state index in [4.69, 9.17) is 14.6 Å². The van der Waals surface area contributed by atoms with Gasteiger partial charge in [0.1, 0.15) is 17.5 Å². The summed E-state index contributed by atoms with van der Waals surface area (Å²) in [6.45, 7) is 1.85. The van der Waals surface area contributed by atoms with E-state index in [1.807, 2.05) is 6.92 Å². The summed E-state index contributed by atoms with van der Waals surface area (Å²) in [4.78, 5) is 23.4. The Hall–Kier alpha value is -1.76. The van der Waals surface area contributed by atoms with Crippen LogP contribution in [-0.4, -0.2) is 37.2 Å². The van der Waals surface area contributed by atoms with Crippen molar-refractivity contribution < 1.29 is 24.2 Å². The molecule has 1 unspecified atom stereocenters. The molecule has 0 saturated heterocycles. The molecule has 0 radical (unpaired) electrons. The van der Waals surface area contributed by atoms with Gasteiger partial charge in [-0.05, 0) is 34.5 Å². The van der Waals surface area contributed by atoms with E-state index in [0.717, 1.165) is 0 Å². The zero-order valence-electron chi connectivity index (χ0n) is 12.1. The summed E-state index contributed by atoms with van der Waals surface area (Å²) < 4.78 is 10.8. The predicted molar refractivity (Wildman–Crippen MR) is 81.0 cm³/mol. The molecule has 0 saturated carbocycles. The van der Waals surface area contributed by atoms with Crippen LogP contribution in [0.15, 0.2) is 16.6 Å². The number of hydrogen-bond acceptors (Lipinski definition) is 4. The first kappa shape index (κ1) is 17.3. The van der Waals surface area contributed by atoms with Gasteiger partial charge >= 0.3 is 5.97 Å². The summed E-state index contributed by atoms with van der Waals surface area (Å²) in [5.41, 5.74) is 0.214. The van der Waals surface area contributed by atoms with Crippen LogP contribution in [0.2, 0.25) is 0 Å². The Balaban J connectivity index is 3.10. The van der Waals surface area contributed by atoms with Crippen molar-refractivity contribution in [3.05, 3.63) is 22.2 Å². The lowest BCUT2D eigenvalue weighted by molar-refractivity contribution is -0.139. The molecule has 0 spiro atoms. The van der Waals surface area contributed by atoms with E-state index >= 15 is 0 Å². The fourth-order valence-electron chi connectivity index (χ4n) is 1.84. The van der Waals surface area contributed by atoms with E-state index in [1.54, 1.807) is 6.07 Å². The van der Waals surface area contributed by atoms with Crippen molar-refractivity contribution >= 4 is 27.8 Å². The highest BCUT2D eigenvalue weighted by atomic mass is 79.9. The van der Waals surface area contributed by atoms with Crippen LogP contribution in [0.4, 0.5) is 0 Å². The second kappa shape index (κ2) is 7.87. The monoisotopic (exact) mass is 359 g/mol. The van der Waals surface area contributed by atoms with Gasteiger partial charge in [0.2, 0.25) is 0 Å². The summed E-state index contributed by atoms with van der Waals surface area (Å²) in [5.74, 6) is -0.789. The first-order valence-electron chi connectivity index (χ1n) is 6.39. The van der Waals surface area contributed by atoms with Crippen LogP contribution < -0.4 is 14.8 Å². The third-order valence-electron chi connectivity index (χ3n) is 2.88. The molecule has 7 heteroatoms. The van der Waals surface area contributed by atoms with Crippen molar-refractivity contribution in [3.63, 3.8) is 0 Å². The highest BCUT2D eigenvalue weighted by molar-refractivity contribution is 9.10. The third kappa shape index (κ3) is 4.35. The maximum Gasteiger partial charge on any atom is 0.326 e. The lowest BCUT2D eigenvalue weighted by atomic mass is 10.1. The molecule has 2 N–H and O–H groups in total. The third-order valence-corrected chi connectivity index (χ3v) is 3.47. The van der Waals surface area contributed by atoms with Gasteiger partial charge in [0, 0.05) is 0 Å². The molecule has 0 aliphatic rings. The topological polar surface area (TPSA) is 84.9 Å². The molecule has 116 valence electrons. The Kier molecular flexibility index (Phi) is 6.48. The van der Waals surface area contributed by atoms with Crippen LogP contribution in [0.1, 0.15) is 30.1 Å². The second-order valence-corrected chi connectivity index (χ2v) is 5.20. The van der Waals surface area contributed by atoms with Gasteiger partial charge in [0.05, 0.1) is 24.3 Å². The molecule has 0 fully saturated rings. The van der Waals surface area contributed by atoms with Gasteiger partial charge in [-0.1, -0.05) is 13.3 Å². The minimum atomic E-state index is -1.06. The molecule has 0 aliphatic carbocycles. The Morgan fingerprint density at radius 2 is 2.00 bits per heavy atom. The second-order valence-electron chi connectivity index (χ2n) is 4.34. The van der Waals surface area contributed by atoms with Crippen molar-refractivity contribution in [2.45, 2.75) is 25.8 Å². The first-order valence-corrected chi connectivity index (χ1v) is 7.19. The summed E-state index contributed by atoms with van der Waals surface area (Å²) in [6, 6.07) is 2.23. The number of halogens is 1. The molecule has 1 aromatic rings. The molecule has 1 rings (SSSR count). The lowest BCUT2D eigenvalue weighted by Crippen LogP contribution is -2.40. The maximum absolute atomic E-state index is 12.3. The number of methoxy groups -OCH3 is 2. The van der Waals surface area contributed by atoms with Crippen molar-refractivity contribution in [1.82, 2.24) is 5.32 Å². The van der Waals surface area contributed by atoms with Crippen molar-refractivity contribution in [3.8, 4) is 11.5 Å². The lowest BCUT2D eigenvalue weighted by Gasteiger charge is -2.16. The number of rotatable bonds is 7. The van der Waals surface area contributed by atoms with E-state index in [-0.39, 0.29) is 5.56 Å². The van der Waals surface area contributed by atoms with Crippen LogP contribution in [0.25, 0.3) is 0 Å². The zero-order chi connectivity index (χ0) is 16.0. The smallest absolute Gasteiger partial charge is 0.326 e. The van der Waals surface area contributed by atoms with Crippen molar-refractivity contribution in [1.29, 1.82) is 0 Å². The van der Waals surface area contributed by atoms with Gasteiger partial charge in [-0.25, -0.2) is 4.79 Å². The predicted octanol–water partition coefficient (Wildman–Crippen LogP) is 2.45. The number of carboxylic acid groups (broad SMARTS) is 1. The number of ether oxygens (including phenoxy) is 2. The Morgan fingerprint density at radius 3 is 2.48 bits per heavy atom. The number of aliphatic carboxylic acids is 1. The molecule has 21 heavy (non-hydrogen) atoms. The van der Waals surface area contributed by atoms with Crippen LogP contribution in [0.3, 0.4) is 0 Å². The van der Waals surface area contributed by atoms with Crippen LogP contribution in [0.5, 0.6) is 11.5 Å². The molecule has 0 bridgehead atoms. The number of hydrogen-bond donors (Lipinski definition) is 2. The van der Waals surface area contributed by atoms with E-state index in [2.05, 4.69) is 21.2 Å². The van der Waals surface area contributed by atoms with Crippen molar-refractivity contribution in [2.24, 2.45) is 0 Å². The number of nitrogens with one attached hydrogen (secondary N) is 1. The Morgan fingerprint density at radius 1 is 1.33 bits per heavy atom. The van der Waals surface area contributed by atoms with Crippen LogP contribution >= 0.6 is 15.9 Å². The minimum absolute atomic E-state index is 0.214. The first-order chi connectivity index (χ1) is 9.94.